The molecular weight excluding hydrogens is 554 g/mol. The second-order valence-electron chi connectivity index (χ2n) is 11.2. The number of carbonyl (C=O) groups is 1. The van der Waals surface area contributed by atoms with E-state index in [1.165, 1.54) is 11.1 Å². The van der Waals surface area contributed by atoms with Gasteiger partial charge in [0.1, 0.15) is 18.2 Å². The first-order valence-corrected chi connectivity index (χ1v) is 15.2. The Morgan fingerprint density at radius 3 is 2.67 bits per heavy atom. The predicted molar refractivity (Wildman–Crippen MR) is 163 cm³/mol. The summed E-state index contributed by atoms with van der Waals surface area (Å²) in [5.74, 6) is 2.36. The normalized spacial score (nSPS) is 19.6. The number of aromatic nitrogens is 2. The molecule has 0 amide bonds. The van der Waals surface area contributed by atoms with E-state index in [4.69, 9.17) is 36.5 Å². The number of carbonyl (C=O) groups excluding carboxylic acids is 1. The monoisotopic (exact) mass is 591 g/mol. The zero-order valence-corrected chi connectivity index (χ0v) is 24.8. The molecule has 2 N–H and O–H groups in total. The Kier molecular flexibility index (Phi) is 8.79. The number of fused-ring (bicyclic) bond motifs is 3. The molecule has 42 heavy (non-hydrogen) atoms. The van der Waals surface area contributed by atoms with Crippen LogP contribution >= 0.6 is 11.6 Å². The average molecular weight is 592 g/mol. The Labute approximate surface area is 251 Å². The van der Waals surface area contributed by atoms with E-state index in [1.807, 2.05) is 37.3 Å². The van der Waals surface area contributed by atoms with E-state index in [-0.39, 0.29) is 11.9 Å². The molecule has 2 heterocycles. The van der Waals surface area contributed by atoms with E-state index in [9.17, 15) is 4.79 Å². The third-order valence-corrected chi connectivity index (χ3v) is 8.62. The molecule has 2 aliphatic carbocycles. The highest BCUT2D eigenvalue weighted by Gasteiger charge is 2.44. The highest BCUT2D eigenvalue weighted by molar-refractivity contribution is 6.30. The van der Waals surface area contributed by atoms with Gasteiger partial charge >= 0.3 is 5.97 Å². The largest absolute Gasteiger partial charge is 0.489 e. The van der Waals surface area contributed by atoms with Gasteiger partial charge < -0.3 is 24.8 Å². The van der Waals surface area contributed by atoms with Crippen LogP contribution in [0.5, 0.6) is 5.75 Å². The molecular formula is C32H38ClN5O4. The third kappa shape index (κ3) is 6.64. The molecule has 2 unspecified atom stereocenters. The lowest BCUT2D eigenvalue weighted by molar-refractivity contribution is -0.145. The van der Waals surface area contributed by atoms with Crippen molar-refractivity contribution in [2.45, 2.75) is 32.8 Å². The first-order chi connectivity index (χ1) is 20.5. The number of ether oxygens (including phenoxy) is 3. The second kappa shape index (κ2) is 12.9. The van der Waals surface area contributed by atoms with Crippen LogP contribution in [-0.2, 0) is 33.7 Å². The summed E-state index contributed by atoms with van der Waals surface area (Å²) >= 11 is 6.00. The Balaban J connectivity index is 1.03. The smallest absolute Gasteiger partial charge is 0.309 e. The van der Waals surface area contributed by atoms with E-state index in [2.05, 4.69) is 26.9 Å². The van der Waals surface area contributed by atoms with E-state index >= 15 is 0 Å². The number of nitrogens with zero attached hydrogens (tertiary/aromatic N) is 4. The van der Waals surface area contributed by atoms with Crippen LogP contribution in [0.15, 0.2) is 42.5 Å². The molecule has 1 aliphatic heterocycles. The Hall–Kier alpha value is -3.40. The van der Waals surface area contributed by atoms with E-state index < -0.39 is 0 Å². The fraction of sp³-hybridized carbons (Fsp3) is 0.469. The molecule has 10 heteroatoms. The van der Waals surface area contributed by atoms with Crippen LogP contribution in [0, 0.1) is 11.8 Å². The molecule has 6 rings (SSSR count). The summed E-state index contributed by atoms with van der Waals surface area (Å²) in [7, 11) is 0. The second-order valence-corrected chi connectivity index (χ2v) is 11.7. The van der Waals surface area contributed by atoms with Gasteiger partial charge in [-0.2, -0.15) is 4.98 Å². The van der Waals surface area contributed by atoms with Gasteiger partial charge in [0, 0.05) is 48.9 Å². The van der Waals surface area contributed by atoms with Crippen molar-refractivity contribution >= 4 is 29.3 Å². The molecule has 0 radical (unpaired) electrons. The van der Waals surface area contributed by atoms with Gasteiger partial charge in [0.15, 0.2) is 0 Å². The zero-order valence-electron chi connectivity index (χ0n) is 24.1. The molecule has 2 aromatic carbocycles. The van der Waals surface area contributed by atoms with Gasteiger partial charge in [-0.25, -0.2) is 4.98 Å². The van der Waals surface area contributed by atoms with Gasteiger partial charge in [-0.15, -0.1) is 0 Å². The highest BCUT2D eigenvalue weighted by Crippen LogP contribution is 2.40. The summed E-state index contributed by atoms with van der Waals surface area (Å²) in [6.07, 6.45) is 2.64. The topological polar surface area (TPSA) is 103 Å². The van der Waals surface area contributed by atoms with E-state index in [0.29, 0.717) is 38.3 Å². The van der Waals surface area contributed by atoms with E-state index in [0.717, 1.165) is 85.4 Å². The summed E-state index contributed by atoms with van der Waals surface area (Å²) in [6.45, 7) is 8.57. The highest BCUT2D eigenvalue weighted by atomic mass is 35.5. The number of hydrogen-bond donors (Lipinski definition) is 1. The van der Waals surface area contributed by atoms with Crippen molar-refractivity contribution < 1.29 is 19.0 Å². The van der Waals surface area contributed by atoms with Crippen LogP contribution in [0.4, 0.5) is 11.8 Å². The maximum absolute atomic E-state index is 11.8. The van der Waals surface area contributed by atoms with Crippen LogP contribution in [0.25, 0.3) is 11.3 Å². The first-order valence-electron chi connectivity index (χ1n) is 14.9. The number of benzene rings is 2. The zero-order chi connectivity index (χ0) is 29.1. The molecule has 3 aliphatic rings. The standard InChI is InChI=1S/C32H38ClN5O4/c1-2-41-31(39)28-18-23(28)20-40-16-15-37-11-13-38(14-12-37)30-27-9-5-22-17-25(42-19-21-3-6-24(33)7-4-21)8-10-26(22)29(27)35-32(34)36-30/h3-4,6-8,10,17,23,28H,2,5,9,11-16,18-20H2,1H3,(H2,34,35,36). The predicted octanol–water partition coefficient (Wildman–Crippen LogP) is 4.39. The molecule has 2 atom stereocenters. The molecule has 2 fully saturated rings. The number of esters is 1. The van der Waals surface area contributed by atoms with Gasteiger partial charge in [-0.1, -0.05) is 23.7 Å². The Morgan fingerprint density at radius 1 is 1.07 bits per heavy atom. The summed E-state index contributed by atoms with van der Waals surface area (Å²) in [5, 5.41) is 0.718. The van der Waals surface area contributed by atoms with Crippen molar-refractivity contribution in [3.63, 3.8) is 0 Å². The van der Waals surface area contributed by atoms with Crippen LogP contribution in [-0.4, -0.2) is 73.4 Å². The maximum Gasteiger partial charge on any atom is 0.309 e. The van der Waals surface area contributed by atoms with Crippen molar-refractivity contribution in [1.29, 1.82) is 0 Å². The van der Waals surface area contributed by atoms with Crippen molar-refractivity contribution in [3.8, 4) is 17.0 Å². The van der Waals surface area contributed by atoms with Crippen LogP contribution in [0.3, 0.4) is 0 Å². The summed E-state index contributed by atoms with van der Waals surface area (Å²) in [5.41, 5.74) is 11.7. The van der Waals surface area contributed by atoms with Gasteiger partial charge in [0.2, 0.25) is 5.95 Å². The summed E-state index contributed by atoms with van der Waals surface area (Å²) in [6, 6.07) is 13.9. The van der Waals surface area contributed by atoms with Crippen LogP contribution in [0.1, 0.15) is 30.0 Å². The number of anilines is 2. The maximum atomic E-state index is 11.8. The van der Waals surface area contributed by atoms with Crippen molar-refractivity contribution in [2.24, 2.45) is 11.8 Å². The van der Waals surface area contributed by atoms with Gasteiger partial charge in [0.05, 0.1) is 31.4 Å². The summed E-state index contributed by atoms with van der Waals surface area (Å²) in [4.78, 5) is 25.9. The van der Waals surface area contributed by atoms with Crippen molar-refractivity contribution in [1.82, 2.24) is 14.9 Å². The minimum atomic E-state index is -0.0812. The summed E-state index contributed by atoms with van der Waals surface area (Å²) < 4.78 is 17.1. The van der Waals surface area contributed by atoms with Gasteiger partial charge in [0.25, 0.3) is 0 Å². The molecule has 1 aromatic heterocycles. The SMILES string of the molecule is CCOC(=O)C1CC1COCCN1CCN(c2nc(N)nc3c2CCc2cc(OCc4ccc(Cl)cc4)ccc2-3)CC1. The number of aryl methyl sites for hydroxylation is 1. The molecule has 9 nitrogen and oxygen atoms in total. The number of nitrogens with two attached hydrogens (primary N) is 1. The number of piperazine rings is 1. The quantitative estimate of drug-likeness (QED) is 0.257. The lowest BCUT2D eigenvalue weighted by atomic mass is 9.88. The Bertz CT molecular complexity index is 1410. The molecule has 0 spiro atoms. The number of rotatable bonds is 11. The van der Waals surface area contributed by atoms with Gasteiger partial charge in [-0.3, -0.25) is 9.69 Å². The number of hydrogen-bond acceptors (Lipinski definition) is 9. The van der Waals surface area contributed by atoms with Crippen LogP contribution in [0.2, 0.25) is 5.02 Å². The molecule has 0 bridgehead atoms. The number of nitrogen functional groups attached to an aromatic ring is 1. The first kappa shape index (κ1) is 28.7. The average Bonchev–Trinajstić information content (AvgIpc) is 3.79. The fourth-order valence-electron chi connectivity index (χ4n) is 5.89. The van der Waals surface area contributed by atoms with Crippen LogP contribution < -0.4 is 15.4 Å². The minimum Gasteiger partial charge on any atom is -0.489 e. The van der Waals surface area contributed by atoms with E-state index in [1.54, 1.807) is 0 Å². The lowest BCUT2D eigenvalue weighted by Crippen LogP contribution is -2.48. The Morgan fingerprint density at radius 2 is 1.88 bits per heavy atom. The van der Waals surface area contributed by atoms with Crippen molar-refractivity contribution in [3.05, 3.63) is 64.2 Å². The fourth-order valence-corrected chi connectivity index (χ4v) is 6.02. The third-order valence-electron chi connectivity index (χ3n) is 8.37. The molecule has 222 valence electrons. The minimum absolute atomic E-state index is 0.0298. The van der Waals surface area contributed by atoms with Gasteiger partial charge in [-0.05, 0) is 73.6 Å². The molecule has 1 saturated heterocycles. The molecule has 1 saturated carbocycles. The number of halogens is 1. The molecule has 3 aromatic rings. The lowest BCUT2D eigenvalue weighted by Gasteiger charge is -2.37. The van der Waals surface area contributed by atoms with Crippen molar-refractivity contribution in [2.75, 3.05) is 63.2 Å².